The Bertz CT molecular complexity index is 860. The van der Waals surface area contributed by atoms with Crippen molar-refractivity contribution in [2.45, 2.75) is 36.0 Å². The van der Waals surface area contributed by atoms with E-state index < -0.39 is 26.0 Å². The molecule has 2 saturated heterocycles. The van der Waals surface area contributed by atoms with E-state index in [1.54, 1.807) is 34.1 Å². The van der Waals surface area contributed by atoms with Crippen LogP contribution in [0, 0.1) is 0 Å². The first kappa shape index (κ1) is 16.4. The summed E-state index contributed by atoms with van der Waals surface area (Å²) in [6.07, 6.45) is 3.89. The molecule has 1 aromatic rings. The number of benzene rings is 1. The molecule has 7 nitrogen and oxygen atoms in total. The van der Waals surface area contributed by atoms with E-state index in [9.17, 15) is 18.0 Å². The van der Waals surface area contributed by atoms with Crippen LogP contribution in [-0.2, 0) is 19.4 Å². The van der Waals surface area contributed by atoms with Gasteiger partial charge in [-0.1, -0.05) is 12.1 Å². The predicted octanol–water partition coefficient (Wildman–Crippen LogP) is 0.980. The fraction of sp³-hybridized carbons (Fsp3) is 0.529. The molecule has 3 amide bonds. The molecular weight excluding hydrogens is 342 g/mol. The molecule has 2 aliphatic heterocycles. The van der Waals surface area contributed by atoms with Crippen LogP contribution in [-0.4, -0.2) is 50.1 Å². The predicted molar refractivity (Wildman–Crippen MR) is 92.8 cm³/mol. The quantitative estimate of drug-likeness (QED) is 0.861. The monoisotopic (exact) mass is 363 g/mol. The van der Waals surface area contributed by atoms with Gasteiger partial charge >= 0.3 is 6.03 Å². The van der Waals surface area contributed by atoms with Gasteiger partial charge in [-0.15, -0.1) is 0 Å². The number of fused-ring (bicyclic) bond motifs is 1. The summed E-state index contributed by atoms with van der Waals surface area (Å²) in [6.45, 7) is 0.783. The Morgan fingerprint density at radius 3 is 2.28 bits per heavy atom. The van der Waals surface area contributed by atoms with Gasteiger partial charge in [-0.3, -0.25) is 9.69 Å². The van der Waals surface area contributed by atoms with E-state index in [1.165, 1.54) is 6.26 Å². The number of nitrogens with two attached hydrogens (primary N) is 1. The first-order valence-corrected chi connectivity index (χ1v) is 10.3. The standard InChI is InChI=1S/C17H21N3O4S/c1-25(23,24)17(8-9-17)12-3-5-13(6-4-12)19-11-16(14(18)21)7-2-10-20(16)15(19)22/h3-6H,2,7-11H2,1H3,(H2,18,21)/t16-/m1/s1. The number of anilines is 1. The molecule has 1 aliphatic carbocycles. The Balaban J connectivity index is 1.64. The van der Waals surface area contributed by atoms with Crippen LogP contribution in [0.1, 0.15) is 31.2 Å². The number of carbonyl (C=O) groups excluding carboxylic acids is 2. The van der Waals surface area contributed by atoms with Crippen molar-refractivity contribution in [2.75, 3.05) is 24.2 Å². The second-order valence-electron chi connectivity index (χ2n) is 7.33. The highest BCUT2D eigenvalue weighted by molar-refractivity contribution is 7.92. The van der Waals surface area contributed by atoms with Gasteiger partial charge in [0.2, 0.25) is 5.91 Å². The van der Waals surface area contributed by atoms with Crippen LogP contribution in [0.15, 0.2) is 24.3 Å². The number of amides is 3. The van der Waals surface area contributed by atoms with E-state index in [0.29, 0.717) is 31.5 Å². The van der Waals surface area contributed by atoms with E-state index in [2.05, 4.69) is 0 Å². The van der Waals surface area contributed by atoms with Crippen molar-refractivity contribution >= 4 is 27.5 Å². The van der Waals surface area contributed by atoms with Gasteiger partial charge in [-0.2, -0.15) is 0 Å². The number of rotatable bonds is 4. The lowest BCUT2D eigenvalue weighted by atomic mass is 9.96. The molecule has 3 aliphatic rings. The summed E-state index contributed by atoms with van der Waals surface area (Å²) in [5.74, 6) is -0.466. The molecule has 0 spiro atoms. The topological polar surface area (TPSA) is 101 Å². The maximum atomic E-state index is 12.7. The molecule has 8 heteroatoms. The van der Waals surface area contributed by atoms with E-state index in [1.807, 2.05) is 0 Å². The Kier molecular flexibility index (Phi) is 3.26. The molecule has 0 unspecified atom stereocenters. The Morgan fingerprint density at radius 2 is 1.80 bits per heavy atom. The van der Waals surface area contributed by atoms with Gasteiger partial charge in [0.15, 0.2) is 9.84 Å². The lowest BCUT2D eigenvalue weighted by Gasteiger charge is -2.25. The number of nitrogens with zero attached hydrogens (tertiary/aromatic N) is 2. The highest BCUT2D eigenvalue weighted by atomic mass is 32.2. The lowest BCUT2D eigenvalue weighted by molar-refractivity contribution is -0.125. The SMILES string of the molecule is CS(=O)(=O)C1(c2ccc(N3C[C@@]4(C(N)=O)CCCN4C3=O)cc2)CC1. The highest BCUT2D eigenvalue weighted by Crippen LogP contribution is 2.52. The Morgan fingerprint density at radius 1 is 1.16 bits per heavy atom. The second kappa shape index (κ2) is 4.97. The van der Waals surface area contributed by atoms with E-state index >= 15 is 0 Å². The minimum Gasteiger partial charge on any atom is -0.368 e. The fourth-order valence-corrected chi connectivity index (χ4v) is 5.67. The summed E-state index contributed by atoms with van der Waals surface area (Å²) in [4.78, 5) is 27.8. The summed E-state index contributed by atoms with van der Waals surface area (Å²) in [5.41, 5.74) is 6.09. The number of urea groups is 1. The molecule has 3 fully saturated rings. The number of sulfone groups is 1. The minimum absolute atomic E-state index is 0.215. The molecule has 2 heterocycles. The van der Waals surface area contributed by atoms with Crippen LogP contribution in [0.3, 0.4) is 0 Å². The van der Waals surface area contributed by atoms with Crippen LogP contribution >= 0.6 is 0 Å². The van der Waals surface area contributed by atoms with Gasteiger partial charge in [-0.25, -0.2) is 13.2 Å². The smallest absolute Gasteiger partial charge is 0.325 e. The Hall–Kier alpha value is -2.09. The van der Waals surface area contributed by atoms with Crippen molar-refractivity contribution in [1.82, 2.24) is 4.90 Å². The molecule has 4 rings (SSSR count). The van der Waals surface area contributed by atoms with E-state index in [4.69, 9.17) is 5.73 Å². The number of hydrogen-bond donors (Lipinski definition) is 1. The summed E-state index contributed by atoms with van der Waals surface area (Å²) < 4.78 is 23.3. The summed E-state index contributed by atoms with van der Waals surface area (Å²) in [6, 6.07) is 6.85. The van der Waals surface area contributed by atoms with Crippen molar-refractivity contribution in [3.05, 3.63) is 29.8 Å². The van der Waals surface area contributed by atoms with Crippen molar-refractivity contribution in [3.8, 4) is 0 Å². The third kappa shape index (κ3) is 2.13. The van der Waals surface area contributed by atoms with Crippen LogP contribution in [0.2, 0.25) is 0 Å². The minimum atomic E-state index is -3.17. The summed E-state index contributed by atoms with van der Waals surface area (Å²) >= 11 is 0. The molecule has 1 aromatic carbocycles. The third-order valence-corrected chi connectivity index (χ3v) is 8.01. The van der Waals surface area contributed by atoms with E-state index in [-0.39, 0.29) is 12.6 Å². The number of carbonyl (C=O) groups is 2. The zero-order valence-electron chi connectivity index (χ0n) is 14.1. The highest BCUT2D eigenvalue weighted by Gasteiger charge is 2.57. The Labute approximate surface area is 146 Å². The van der Waals surface area contributed by atoms with Gasteiger partial charge in [-0.05, 0) is 43.4 Å². The maximum absolute atomic E-state index is 12.7. The molecule has 2 N–H and O–H groups in total. The van der Waals surface area contributed by atoms with Gasteiger partial charge < -0.3 is 10.6 Å². The molecule has 1 saturated carbocycles. The molecule has 0 radical (unpaired) electrons. The molecule has 25 heavy (non-hydrogen) atoms. The van der Waals surface area contributed by atoms with Crippen LogP contribution in [0.25, 0.3) is 0 Å². The molecule has 1 atom stereocenters. The summed E-state index contributed by atoms with van der Waals surface area (Å²) in [5, 5.41) is 0. The normalized spacial score (nSPS) is 27.5. The maximum Gasteiger partial charge on any atom is 0.325 e. The van der Waals surface area contributed by atoms with Crippen molar-refractivity contribution < 1.29 is 18.0 Å². The lowest BCUT2D eigenvalue weighted by Crippen LogP contribution is -2.52. The van der Waals surface area contributed by atoms with Gasteiger partial charge in [0, 0.05) is 18.5 Å². The second-order valence-corrected chi connectivity index (χ2v) is 9.66. The third-order valence-electron chi connectivity index (χ3n) is 5.95. The first-order chi connectivity index (χ1) is 11.7. The zero-order chi connectivity index (χ0) is 18.0. The number of hydrogen-bond acceptors (Lipinski definition) is 4. The van der Waals surface area contributed by atoms with E-state index in [0.717, 1.165) is 12.0 Å². The largest absolute Gasteiger partial charge is 0.368 e. The van der Waals surface area contributed by atoms with Gasteiger partial charge in [0.25, 0.3) is 0 Å². The van der Waals surface area contributed by atoms with Crippen molar-refractivity contribution in [3.63, 3.8) is 0 Å². The molecule has 134 valence electrons. The van der Waals surface area contributed by atoms with Gasteiger partial charge in [0.05, 0.1) is 11.3 Å². The van der Waals surface area contributed by atoms with Crippen LogP contribution in [0.5, 0.6) is 0 Å². The van der Waals surface area contributed by atoms with Crippen LogP contribution in [0.4, 0.5) is 10.5 Å². The molecule has 0 aromatic heterocycles. The van der Waals surface area contributed by atoms with Crippen molar-refractivity contribution in [1.29, 1.82) is 0 Å². The molecular formula is C17H21N3O4S. The fourth-order valence-electron chi connectivity index (χ4n) is 4.26. The average molecular weight is 363 g/mol. The van der Waals surface area contributed by atoms with Crippen LogP contribution < -0.4 is 10.6 Å². The molecule has 0 bridgehead atoms. The number of primary amides is 1. The first-order valence-electron chi connectivity index (χ1n) is 8.41. The summed E-state index contributed by atoms with van der Waals surface area (Å²) in [7, 11) is -3.17. The average Bonchev–Trinajstić information content (AvgIpc) is 3.19. The van der Waals surface area contributed by atoms with Gasteiger partial charge in [0.1, 0.15) is 5.54 Å². The van der Waals surface area contributed by atoms with Crippen molar-refractivity contribution in [2.24, 2.45) is 5.73 Å². The zero-order valence-corrected chi connectivity index (χ0v) is 14.9.